The number of aliphatic hydroxyl groups excluding tert-OH is 1. The van der Waals surface area contributed by atoms with Crippen LogP contribution < -0.4 is 14.8 Å². The molecule has 1 amide bonds. The van der Waals surface area contributed by atoms with Crippen LogP contribution in [0.2, 0.25) is 0 Å². The van der Waals surface area contributed by atoms with Crippen LogP contribution in [-0.2, 0) is 11.2 Å². The molecule has 0 saturated carbocycles. The van der Waals surface area contributed by atoms with Crippen LogP contribution in [0.15, 0.2) is 42.5 Å². The van der Waals surface area contributed by atoms with Crippen molar-refractivity contribution in [2.24, 2.45) is 5.92 Å². The van der Waals surface area contributed by atoms with E-state index in [1.54, 1.807) is 19.2 Å². The van der Waals surface area contributed by atoms with Gasteiger partial charge >= 0.3 is 0 Å². The number of nitrogens with one attached hydrogen (secondary N) is 1. The number of ether oxygens (including phenoxy) is 2. The lowest BCUT2D eigenvalue weighted by molar-refractivity contribution is -0.123. The molecule has 0 spiro atoms. The highest BCUT2D eigenvalue weighted by Gasteiger charge is 2.11. The zero-order valence-corrected chi connectivity index (χ0v) is 19.4. The number of hydrogen-bond acceptors (Lipinski definition) is 5. The maximum Gasteiger partial charge on any atom is 0.257 e. The van der Waals surface area contributed by atoms with Gasteiger partial charge in [0.2, 0.25) is 0 Å². The number of aryl methyl sites for hydroxylation is 2. The van der Waals surface area contributed by atoms with Gasteiger partial charge in [0.05, 0.1) is 13.2 Å². The Balaban J connectivity index is 1.82. The Labute approximate surface area is 186 Å². The van der Waals surface area contributed by atoms with Crippen molar-refractivity contribution in [3.63, 3.8) is 0 Å². The van der Waals surface area contributed by atoms with Crippen molar-refractivity contribution in [3.8, 4) is 11.5 Å². The monoisotopic (exact) mass is 428 g/mol. The summed E-state index contributed by atoms with van der Waals surface area (Å²) < 4.78 is 10.9. The van der Waals surface area contributed by atoms with E-state index in [0.717, 1.165) is 35.4 Å². The number of benzene rings is 2. The summed E-state index contributed by atoms with van der Waals surface area (Å²) >= 11 is 0. The molecule has 2 aromatic carbocycles. The molecule has 2 aromatic rings. The Morgan fingerprint density at radius 3 is 2.65 bits per heavy atom. The van der Waals surface area contributed by atoms with Gasteiger partial charge in [0.25, 0.3) is 5.91 Å². The third kappa shape index (κ3) is 8.59. The zero-order valence-electron chi connectivity index (χ0n) is 19.4. The van der Waals surface area contributed by atoms with Gasteiger partial charge in [-0.05, 0) is 74.7 Å². The largest absolute Gasteiger partial charge is 0.496 e. The van der Waals surface area contributed by atoms with Crippen LogP contribution >= 0.6 is 0 Å². The van der Waals surface area contributed by atoms with Crippen molar-refractivity contribution in [2.45, 2.75) is 32.8 Å². The molecule has 0 heterocycles. The standard InChI is InChI=1S/C25H36N2O4/c1-18(16-27(3)4)15-26-25(29)17-31-22-8-6-7-21(14-22)23(28)11-9-20-10-12-24(30-5)19(2)13-20/h6-8,10,12-14,18,23,28H,9,11,15-17H2,1-5H3,(H,26,29)/t18?,23-/m1/s1. The highest BCUT2D eigenvalue weighted by molar-refractivity contribution is 5.77. The van der Waals surface area contributed by atoms with Gasteiger partial charge in [-0.3, -0.25) is 4.79 Å². The van der Waals surface area contributed by atoms with E-state index in [0.29, 0.717) is 24.6 Å². The van der Waals surface area contributed by atoms with Crippen molar-refractivity contribution in [2.75, 3.05) is 40.9 Å². The summed E-state index contributed by atoms with van der Waals surface area (Å²) in [7, 11) is 5.69. The minimum atomic E-state index is -0.605. The third-order valence-corrected chi connectivity index (χ3v) is 5.10. The van der Waals surface area contributed by atoms with Crippen LogP contribution in [0, 0.1) is 12.8 Å². The number of amides is 1. The molecular formula is C25H36N2O4. The lowest BCUT2D eigenvalue weighted by atomic mass is 10.00. The van der Waals surface area contributed by atoms with Crippen LogP contribution in [0.25, 0.3) is 0 Å². The normalized spacial score (nSPS) is 13.0. The van der Waals surface area contributed by atoms with Gasteiger partial charge in [0.15, 0.2) is 6.61 Å². The molecule has 2 atom stereocenters. The highest BCUT2D eigenvalue weighted by Crippen LogP contribution is 2.25. The van der Waals surface area contributed by atoms with E-state index in [4.69, 9.17) is 9.47 Å². The second-order valence-electron chi connectivity index (χ2n) is 8.39. The maximum atomic E-state index is 12.0. The molecular weight excluding hydrogens is 392 g/mol. The van der Waals surface area contributed by atoms with Crippen LogP contribution in [0.4, 0.5) is 0 Å². The van der Waals surface area contributed by atoms with Crippen molar-refractivity contribution < 1.29 is 19.4 Å². The zero-order chi connectivity index (χ0) is 22.8. The predicted molar refractivity (Wildman–Crippen MR) is 124 cm³/mol. The van der Waals surface area contributed by atoms with E-state index in [2.05, 4.69) is 23.2 Å². The Morgan fingerprint density at radius 2 is 1.97 bits per heavy atom. The Kier molecular flexibility index (Phi) is 9.82. The molecule has 6 heteroatoms. The van der Waals surface area contributed by atoms with E-state index in [1.165, 1.54) is 0 Å². The highest BCUT2D eigenvalue weighted by atomic mass is 16.5. The molecule has 0 aliphatic carbocycles. The van der Waals surface area contributed by atoms with Gasteiger partial charge in [0, 0.05) is 13.1 Å². The van der Waals surface area contributed by atoms with Crippen LogP contribution in [0.5, 0.6) is 11.5 Å². The van der Waals surface area contributed by atoms with Crippen molar-refractivity contribution in [1.29, 1.82) is 0 Å². The van der Waals surface area contributed by atoms with Crippen LogP contribution in [-0.4, -0.2) is 56.8 Å². The number of aliphatic hydroxyl groups is 1. The molecule has 31 heavy (non-hydrogen) atoms. The molecule has 0 aliphatic heterocycles. The fraction of sp³-hybridized carbons (Fsp3) is 0.480. The first-order chi connectivity index (χ1) is 14.8. The number of methoxy groups -OCH3 is 1. The minimum absolute atomic E-state index is 0.0423. The number of carbonyl (C=O) groups is 1. The fourth-order valence-electron chi connectivity index (χ4n) is 3.55. The average Bonchev–Trinajstić information content (AvgIpc) is 2.74. The molecule has 0 saturated heterocycles. The number of hydrogen-bond donors (Lipinski definition) is 2. The van der Waals surface area contributed by atoms with E-state index < -0.39 is 6.10 Å². The molecule has 0 fully saturated rings. The first kappa shape index (κ1) is 24.7. The molecule has 170 valence electrons. The van der Waals surface area contributed by atoms with Crippen molar-refractivity contribution in [3.05, 3.63) is 59.2 Å². The van der Waals surface area contributed by atoms with Gasteiger partial charge in [-0.15, -0.1) is 0 Å². The predicted octanol–water partition coefficient (Wildman–Crippen LogP) is 3.36. The van der Waals surface area contributed by atoms with Gasteiger partial charge in [-0.2, -0.15) is 0 Å². The van der Waals surface area contributed by atoms with Crippen molar-refractivity contribution >= 4 is 5.91 Å². The van der Waals surface area contributed by atoms with Crippen LogP contribution in [0.3, 0.4) is 0 Å². The lowest BCUT2D eigenvalue weighted by Crippen LogP contribution is -2.35. The molecule has 0 aromatic heterocycles. The summed E-state index contributed by atoms with van der Waals surface area (Å²) in [5.41, 5.74) is 3.02. The van der Waals surface area contributed by atoms with E-state index >= 15 is 0 Å². The minimum Gasteiger partial charge on any atom is -0.496 e. The maximum absolute atomic E-state index is 12.0. The van der Waals surface area contributed by atoms with Gasteiger partial charge in [-0.1, -0.05) is 31.2 Å². The molecule has 0 radical (unpaired) electrons. The first-order valence-electron chi connectivity index (χ1n) is 10.7. The second kappa shape index (κ2) is 12.3. The van der Waals surface area contributed by atoms with Gasteiger partial charge < -0.3 is 24.8 Å². The quantitative estimate of drug-likeness (QED) is 0.542. The summed E-state index contributed by atoms with van der Waals surface area (Å²) in [6.07, 6.45) is 0.746. The molecule has 1 unspecified atom stereocenters. The number of rotatable bonds is 12. The third-order valence-electron chi connectivity index (χ3n) is 5.10. The Hall–Kier alpha value is -2.57. The summed E-state index contributed by atoms with van der Waals surface area (Å²) in [6.45, 7) is 5.60. The van der Waals surface area contributed by atoms with Gasteiger partial charge in [0.1, 0.15) is 11.5 Å². The fourth-order valence-corrected chi connectivity index (χ4v) is 3.55. The topological polar surface area (TPSA) is 71.0 Å². The van der Waals surface area contributed by atoms with Crippen molar-refractivity contribution in [1.82, 2.24) is 10.2 Å². The van der Waals surface area contributed by atoms with Crippen LogP contribution in [0.1, 0.15) is 36.1 Å². The second-order valence-corrected chi connectivity index (χ2v) is 8.39. The van der Waals surface area contributed by atoms with E-state index in [9.17, 15) is 9.90 Å². The summed E-state index contributed by atoms with van der Waals surface area (Å²) in [6, 6.07) is 13.4. The van der Waals surface area contributed by atoms with E-state index in [-0.39, 0.29) is 12.5 Å². The molecule has 2 N–H and O–H groups in total. The molecule has 0 bridgehead atoms. The summed E-state index contributed by atoms with van der Waals surface area (Å²) in [5.74, 6) is 1.66. The summed E-state index contributed by atoms with van der Waals surface area (Å²) in [4.78, 5) is 14.1. The summed E-state index contributed by atoms with van der Waals surface area (Å²) in [5, 5.41) is 13.5. The number of carbonyl (C=O) groups excluding carboxylic acids is 1. The van der Waals surface area contributed by atoms with Gasteiger partial charge in [-0.25, -0.2) is 0 Å². The SMILES string of the molecule is COc1ccc(CC[C@@H](O)c2cccc(OCC(=O)NCC(C)CN(C)C)c2)cc1C. The average molecular weight is 429 g/mol. The molecule has 2 rings (SSSR count). The van der Waals surface area contributed by atoms with E-state index in [1.807, 2.05) is 45.3 Å². The number of nitrogens with zero attached hydrogens (tertiary/aromatic N) is 1. The smallest absolute Gasteiger partial charge is 0.257 e. The Bertz CT molecular complexity index is 838. The molecule has 6 nitrogen and oxygen atoms in total. The molecule has 0 aliphatic rings. The Morgan fingerprint density at radius 1 is 1.19 bits per heavy atom. The lowest BCUT2D eigenvalue weighted by Gasteiger charge is -2.17. The first-order valence-corrected chi connectivity index (χ1v) is 10.7.